The zero-order chi connectivity index (χ0) is 13.9. The first-order valence-corrected chi connectivity index (χ1v) is 8.35. The highest BCUT2D eigenvalue weighted by Gasteiger charge is 2.25. The summed E-state index contributed by atoms with van der Waals surface area (Å²) < 4.78 is 25.2. The van der Waals surface area contributed by atoms with E-state index >= 15 is 0 Å². The summed E-state index contributed by atoms with van der Waals surface area (Å²) in [6, 6.07) is 6.56. The van der Waals surface area contributed by atoms with Gasteiger partial charge in [0.15, 0.2) is 9.84 Å². The number of benzene rings is 1. The van der Waals surface area contributed by atoms with Gasteiger partial charge in [0.05, 0.1) is 16.8 Å². The van der Waals surface area contributed by atoms with E-state index in [1.54, 1.807) is 31.2 Å². The molecule has 0 saturated heterocycles. The first-order valence-electron chi connectivity index (χ1n) is 5.90. The summed E-state index contributed by atoms with van der Waals surface area (Å²) in [5.41, 5.74) is 0. The monoisotopic (exact) mass is 334 g/mol. The average Bonchev–Trinajstić information content (AvgIpc) is 2.27. The normalized spacial score (nSPS) is 15.7. The molecule has 0 saturated carbocycles. The van der Waals surface area contributed by atoms with Crippen molar-refractivity contribution < 1.29 is 13.5 Å². The Hall–Kier alpha value is -0.390. The molecule has 2 atom stereocenters. The predicted molar refractivity (Wildman–Crippen MR) is 76.2 cm³/mol. The Bertz CT molecular complexity index is 479. The molecule has 1 aromatic rings. The highest BCUT2D eigenvalue weighted by molar-refractivity contribution is 9.10. The van der Waals surface area contributed by atoms with Crippen molar-refractivity contribution in [3.8, 4) is 0 Å². The van der Waals surface area contributed by atoms with Crippen LogP contribution in [0.4, 0.5) is 0 Å². The zero-order valence-electron chi connectivity index (χ0n) is 10.8. The van der Waals surface area contributed by atoms with E-state index in [2.05, 4.69) is 15.9 Å². The molecule has 0 fully saturated rings. The van der Waals surface area contributed by atoms with Crippen LogP contribution >= 0.6 is 15.9 Å². The zero-order valence-corrected chi connectivity index (χ0v) is 13.2. The van der Waals surface area contributed by atoms with Gasteiger partial charge in [-0.05, 0) is 36.1 Å². The van der Waals surface area contributed by atoms with E-state index in [0.29, 0.717) is 4.90 Å². The lowest BCUT2D eigenvalue weighted by atomic mass is 9.97. The first kappa shape index (κ1) is 15.7. The van der Waals surface area contributed by atoms with Crippen molar-refractivity contribution >= 4 is 25.8 Å². The Labute approximate surface area is 117 Å². The van der Waals surface area contributed by atoms with Crippen LogP contribution in [0.5, 0.6) is 0 Å². The number of halogens is 1. The molecule has 0 radical (unpaired) electrons. The van der Waals surface area contributed by atoms with E-state index in [-0.39, 0.29) is 17.6 Å². The van der Waals surface area contributed by atoms with Gasteiger partial charge in [0, 0.05) is 4.47 Å². The summed E-state index contributed by atoms with van der Waals surface area (Å²) in [5, 5.41) is 9.88. The van der Waals surface area contributed by atoms with Gasteiger partial charge in [-0.3, -0.25) is 0 Å². The first-order chi connectivity index (χ1) is 8.24. The van der Waals surface area contributed by atoms with Crippen LogP contribution in [-0.4, -0.2) is 25.4 Å². The van der Waals surface area contributed by atoms with Gasteiger partial charge in [-0.25, -0.2) is 8.42 Å². The Morgan fingerprint density at radius 1 is 1.17 bits per heavy atom. The molecule has 0 aromatic heterocycles. The van der Waals surface area contributed by atoms with E-state index in [1.165, 1.54) is 0 Å². The molecule has 1 aromatic carbocycles. The van der Waals surface area contributed by atoms with Crippen molar-refractivity contribution in [2.45, 2.75) is 31.8 Å². The molecule has 0 heterocycles. The third-order valence-corrected chi connectivity index (χ3v) is 5.40. The summed E-state index contributed by atoms with van der Waals surface area (Å²) >= 11 is 3.27. The number of hydrogen-bond acceptors (Lipinski definition) is 3. The summed E-state index contributed by atoms with van der Waals surface area (Å²) in [7, 11) is -3.34. The van der Waals surface area contributed by atoms with Gasteiger partial charge in [0.2, 0.25) is 0 Å². The van der Waals surface area contributed by atoms with Gasteiger partial charge in [-0.15, -0.1) is 0 Å². The van der Waals surface area contributed by atoms with Crippen molar-refractivity contribution in [1.82, 2.24) is 0 Å². The molecular formula is C13H19BrO3S. The van der Waals surface area contributed by atoms with Gasteiger partial charge < -0.3 is 5.11 Å². The third kappa shape index (κ3) is 4.07. The lowest BCUT2D eigenvalue weighted by Crippen LogP contribution is -2.29. The number of aliphatic hydroxyl groups is 1. The lowest BCUT2D eigenvalue weighted by molar-refractivity contribution is 0.0812. The largest absolute Gasteiger partial charge is 0.393 e. The Kier molecular flexibility index (Phi) is 5.37. The van der Waals surface area contributed by atoms with E-state index in [4.69, 9.17) is 0 Å². The third-order valence-electron chi connectivity index (χ3n) is 2.92. The number of rotatable bonds is 5. The van der Waals surface area contributed by atoms with Crippen molar-refractivity contribution in [2.75, 3.05) is 5.75 Å². The van der Waals surface area contributed by atoms with Crippen LogP contribution in [0.1, 0.15) is 20.8 Å². The Morgan fingerprint density at radius 3 is 2.11 bits per heavy atom. The van der Waals surface area contributed by atoms with Gasteiger partial charge in [-0.1, -0.05) is 36.7 Å². The highest BCUT2D eigenvalue weighted by atomic mass is 79.9. The van der Waals surface area contributed by atoms with Crippen LogP contribution < -0.4 is 0 Å². The fourth-order valence-corrected chi connectivity index (χ4v) is 3.74. The molecule has 0 amide bonds. The van der Waals surface area contributed by atoms with Crippen LogP contribution in [0, 0.1) is 11.8 Å². The lowest BCUT2D eigenvalue weighted by Gasteiger charge is -2.22. The molecule has 0 aliphatic heterocycles. The van der Waals surface area contributed by atoms with E-state index < -0.39 is 15.9 Å². The van der Waals surface area contributed by atoms with Crippen molar-refractivity contribution in [3.63, 3.8) is 0 Å². The molecule has 0 aliphatic rings. The Morgan fingerprint density at radius 2 is 1.67 bits per heavy atom. The van der Waals surface area contributed by atoms with Gasteiger partial charge in [-0.2, -0.15) is 0 Å². The predicted octanol–water partition coefficient (Wildman–Crippen LogP) is 2.88. The number of sulfone groups is 1. The topological polar surface area (TPSA) is 54.4 Å². The molecule has 0 unspecified atom stereocenters. The van der Waals surface area contributed by atoms with Crippen LogP contribution in [-0.2, 0) is 9.84 Å². The van der Waals surface area contributed by atoms with Crippen molar-refractivity contribution in [2.24, 2.45) is 11.8 Å². The van der Waals surface area contributed by atoms with Crippen LogP contribution in [0.15, 0.2) is 33.6 Å². The second kappa shape index (κ2) is 6.17. The molecule has 18 heavy (non-hydrogen) atoms. The maximum absolute atomic E-state index is 12.2. The maximum Gasteiger partial charge on any atom is 0.178 e. The molecule has 1 rings (SSSR count). The van der Waals surface area contributed by atoms with Crippen molar-refractivity contribution in [1.29, 1.82) is 0 Å². The molecule has 0 aliphatic carbocycles. The molecule has 5 heteroatoms. The average molecular weight is 335 g/mol. The van der Waals surface area contributed by atoms with E-state index in [1.807, 2.05) is 13.8 Å². The standard InChI is InChI=1S/C13H19BrO3S/c1-9(2)13(15)10(3)8-18(16,17)12-6-4-11(14)5-7-12/h4-7,9-10,13,15H,8H2,1-3H3/t10-,13+/m1/s1. The molecule has 1 N–H and O–H groups in total. The molecule has 0 spiro atoms. The fourth-order valence-electron chi connectivity index (χ4n) is 1.84. The molecule has 3 nitrogen and oxygen atoms in total. The summed E-state index contributed by atoms with van der Waals surface area (Å²) in [6.45, 7) is 5.53. The van der Waals surface area contributed by atoms with E-state index in [0.717, 1.165) is 4.47 Å². The van der Waals surface area contributed by atoms with Gasteiger partial charge >= 0.3 is 0 Å². The summed E-state index contributed by atoms with van der Waals surface area (Å²) in [5.74, 6) is -0.257. The minimum absolute atomic E-state index is 0.0338. The Balaban J connectivity index is 2.85. The highest BCUT2D eigenvalue weighted by Crippen LogP contribution is 2.21. The minimum atomic E-state index is -3.34. The summed E-state index contributed by atoms with van der Waals surface area (Å²) in [6.07, 6.45) is -0.602. The smallest absolute Gasteiger partial charge is 0.178 e. The van der Waals surface area contributed by atoms with Crippen molar-refractivity contribution in [3.05, 3.63) is 28.7 Å². The van der Waals surface area contributed by atoms with Crippen LogP contribution in [0.3, 0.4) is 0 Å². The van der Waals surface area contributed by atoms with Gasteiger partial charge in [0.25, 0.3) is 0 Å². The maximum atomic E-state index is 12.2. The summed E-state index contributed by atoms with van der Waals surface area (Å²) in [4.78, 5) is 0.300. The van der Waals surface area contributed by atoms with Crippen LogP contribution in [0.25, 0.3) is 0 Å². The van der Waals surface area contributed by atoms with Gasteiger partial charge in [0.1, 0.15) is 0 Å². The molecular weight excluding hydrogens is 316 g/mol. The van der Waals surface area contributed by atoms with Crippen LogP contribution in [0.2, 0.25) is 0 Å². The molecule has 102 valence electrons. The number of hydrogen-bond donors (Lipinski definition) is 1. The quantitative estimate of drug-likeness (QED) is 0.900. The van der Waals surface area contributed by atoms with E-state index in [9.17, 15) is 13.5 Å². The molecule has 0 bridgehead atoms. The number of aliphatic hydroxyl groups excluding tert-OH is 1. The second-order valence-electron chi connectivity index (χ2n) is 4.95. The second-order valence-corrected chi connectivity index (χ2v) is 7.90. The minimum Gasteiger partial charge on any atom is -0.393 e. The fraction of sp³-hybridized carbons (Fsp3) is 0.538. The SMILES string of the molecule is CC(C)[C@H](O)[C@H](C)CS(=O)(=O)c1ccc(Br)cc1.